The molecule has 1 aliphatic carbocycles. The molecule has 1 unspecified atom stereocenters. The van der Waals surface area contributed by atoms with Crippen LogP contribution in [0.1, 0.15) is 44.2 Å². The lowest BCUT2D eigenvalue weighted by Gasteiger charge is -2.28. The van der Waals surface area contributed by atoms with Crippen LogP contribution in [0.5, 0.6) is 5.75 Å². The molecule has 0 spiro atoms. The van der Waals surface area contributed by atoms with E-state index in [1.807, 2.05) is 19.1 Å². The molecule has 0 saturated heterocycles. The average Bonchev–Trinajstić information content (AvgIpc) is 2.24. The van der Waals surface area contributed by atoms with Crippen molar-refractivity contribution in [3.8, 4) is 5.75 Å². The van der Waals surface area contributed by atoms with Gasteiger partial charge in [-0.05, 0) is 37.0 Å². The highest BCUT2D eigenvalue weighted by Crippen LogP contribution is 2.34. The molecule has 2 rings (SSSR count). The number of ether oxygens (including phenoxy) is 1. The Morgan fingerprint density at radius 1 is 1.44 bits per heavy atom. The van der Waals surface area contributed by atoms with E-state index >= 15 is 0 Å². The summed E-state index contributed by atoms with van der Waals surface area (Å²) in [6.45, 7) is 2.71. The van der Waals surface area contributed by atoms with Gasteiger partial charge in [0.2, 0.25) is 0 Å². The third-order valence-electron chi connectivity index (χ3n) is 3.41. The maximum atomic E-state index is 6.21. The molecule has 0 heterocycles. The lowest BCUT2D eigenvalue weighted by molar-refractivity contribution is 0.277. The van der Waals surface area contributed by atoms with Crippen molar-refractivity contribution < 1.29 is 4.74 Å². The van der Waals surface area contributed by atoms with Gasteiger partial charge in [0.25, 0.3) is 0 Å². The number of benzene rings is 1. The summed E-state index contributed by atoms with van der Waals surface area (Å²) in [5.41, 5.74) is 7.42. The summed E-state index contributed by atoms with van der Waals surface area (Å²) >= 11 is 0. The van der Waals surface area contributed by atoms with E-state index in [4.69, 9.17) is 10.5 Å². The predicted molar refractivity (Wildman–Crippen MR) is 66.5 cm³/mol. The number of hydrogen-bond acceptors (Lipinski definition) is 2. The van der Waals surface area contributed by atoms with Crippen molar-refractivity contribution in [1.82, 2.24) is 0 Å². The molecule has 0 aliphatic heterocycles. The Kier molecular flexibility index (Phi) is 3.83. The molecular weight excluding hydrogens is 198 g/mol. The van der Waals surface area contributed by atoms with Crippen LogP contribution >= 0.6 is 0 Å². The monoisotopic (exact) mass is 219 g/mol. The molecule has 2 nitrogen and oxygen atoms in total. The van der Waals surface area contributed by atoms with Crippen LogP contribution in [0.15, 0.2) is 24.3 Å². The van der Waals surface area contributed by atoms with Crippen molar-refractivity contribution in [1.29, 1.82) is 0 Å². The molecule has 0 aromatic heterocycles. The third kappa shape index (κ3) is 2.76. The molecule has 0 bridgehead atoms. The van der Waals surface area contributed by atoms with E-state index in [-0.39, 0.29) is 6.04 Å². The maximum absolute atomic E-state index is 6.21. The Morgan fingerprint density at radius 3 is 2.88 bits per heavy atom. The Morgan fingerprint density at radius 2 is 2.25 bits per heavy atom. The lowest BCUT2D eigenvalue weighted by atomic mass is 9.80. The molecule has 1 aromatic rings. The van der Waals surface area contributed by atoms with Gasteiger partial charge in [-0.25, -0.2) is 0 Å². The summed E-state index contributed by atoms with van der Waals surface area (Å²) in [4.78, 5) is 0. The second-order valence-corrected chi connectivity index (χ2v) is 4.64. The largest absolute Gasteiger partial charge is 0.494 e. The predicted octanol–water partition coefficient (Wildman–Crippen LogP) is 3.28. The Hall–Kier alpha value is -1.02. The number of hydrogen-bond donors (Lipinski definition) is 1. The topological polar surface area (TPSA) is 35.2 Å². The van der Waals surface area contributed by atoms with E-state index in [0.29, 0.717) is 6.61 Å². The van der Waals surface area contributed by atoms with Gasteiger partial charge in [-0.1, -0.05) is 31.4 Å². The number of rotatable bonds is 5. The van der Waals surface area contributed by atoms with E-state index in [0.717, 1.165) is 18.1 Å². The van der Waals surface area contributed by atoms with Crippen LogP contribution in [-0.4, -0.2) is 6.61 Å². The van der Waals surface area contributed by atoms with Crippen molar-refractivity contribution in [3.63, 3.8) is 0 Å². The van der Waals surface area contributed by atoms with Gasteiger partial charge < -0.3 is 10.5 Å². The molecule has 0 amide bonds. The van der Waals surface area contributed by atoms with E-state index in [2.05, 4.69) is 12.1 Å². The van der Waals surface area contributed by atoms with Crippen LogP contribution in [0.3, 0.4) is 0 Å². The van der Waals surface area contributed by atoms with E-state index in [9.17, 15) is 0 Å². The fourth-order valence-corrected chi connectivity index (χ4v) is 2.23. The van der Waals surface area contributed by atoms with Crippen molar-refractivity contribution in [3.05, 3.63) is 29.8 Å². The lowest BCUT2D eigenvalue weighted by Crippen LogP contribution is -2.20. The van der Waals surface area contributed by atoms with Crippen molar-refractivity contribution in [2.75, 3.05) is 6.61 Å². The molecule has 88 valence electrons. The first-order valence-corrected chi connectivity index (χ1v) is 6.28. The van der Waals surface area contributed by atoms with E-state index < -0.39 is 0 Å². The first-order valence-electron chi connectivity index (χ1n) is 6.28. The Bertz CT molecular complexity index is 333. The first-order chi connectivity index (χ1) is 7.79. The van der Waals surface area contributed by atoms with Gasteiger partial charge in [-0.3, -0.25) is 0 Å². The second-order valence-electron chi connectivity index (χ2n) is 4.64. The summed E-state index contributed by atoms with van der Waals surface area (Å²) in [6, 6.07) is 8.37. The normalized spacial score (nSPS) is 17.9. The number of nitrogens with two attached hydrogens (primary N) is 1. The molecule has 1 aromatic carbocycles. The zero-order valence-electron chi connectivity index (χ0n) is 9.99. The zero-order valence-corrected chi connectivity index (χ0v) is 9.99. The van der Waals surface area contributed by atoms with E-state index in [1.54, 1.807) is 0 Å². The molecule has 1 fully saturated rings. The van der Waals surface area contributed by atoms with E-state index in [1.165, 1.54) is 24.8 Å². The first kappa shape index (κ1) is 11.5. The van der Waals surface area contributed by atoms with Gasteiger partial charge in [0.1, 0.15) is 5.75 Å². The molecule has 1 atom stereocenters. The highest BCUT2D eigenvalue weighted by Gasteiger charge is 2.21. The quantitative estimate of drug-likeness (QED) is 0.824. The minimum Gasteiger partial charge on any atom is -0.494 e. The SMILES string of the molecule is CCOc1cccc(C(N)CC2CCC2)c1. The summed E-state index contributed by atoms with van der Waals surface area (Å²) in [5.74, 6) is 1.79. The summed E-state index contributed by atoms with van der Waals surface area (Å²) < 4.78 is 5.49. The van der Waals surface area contributed by atoms with Gasteiger partial charge in [0, 0.05) is 6.04 Å². The van der Waals surface area contributed by atoms with Crippen LogP contribution in [0.4, 0.5) is 0 Å². The standard InChI is InChI=1S/C14H21NO/c1-2-16-13-8-4-7-12(10-13)14(15)9-11-5-3-6-11/h4,7-8,10-11,14H,2-3,5-6,9,15H2,1H3. The highest BCUT2D eigenvalue weighted by molar-refractivity contribution is 5.30. The summed E-state index contributed by atoms with van der Waals surface area (Å²) in [7, 11) is 0. The van der Waals surface area contributed by atoms with Crippen LogP contribution in [0, 0.1) is 5.92 Å². The van der Waals surface area contributed by atoms with Crippen LogP contribution < -0.4 is 10.5 Å². The molecule has 1 aliphatic rings. The molecule has 2 heteroatoms. The van der Waals surface area contributed by atoms with Crippen LogP contribution in [0.25, 0.3) is 0 Å². The highest BCUT2D eigenvalue weighted by atomic mass is 16.5. The minimum atomic E-state index is 0.172. The summed E-state index contributed by atoms with van der Waals surface area (Å²) in [6.07, 6.45) is 5.23. The smallest absolute Gasteiger partial charge is 0.119 e. The molecular formula is C14H21NO. The van der Waals surface area contributed by atoms with Crippen molar-refractivity contribution in [2.45, 2.75) is 38.6 Å². The van der Waals surface area contributed by atoms with Gasteiger partial charge in [-0.15, -0.1) is 0 Å². The van der Waals surface area contributed by atoms with Gasteiger partial charge >= 0.3 is 0 Å². The average molecular weight is 219 g/mol. The fraction of sp³-hybridized carbons (Fsp3) is 0.571. The van der Waals surface area contributed by atoms with Crippen LogP contribution in [-0.2, 0) is 0 Å². The van der Waals surface area contributed by atoms with Gasteiger partial charge in [-0.2, -0.15) is 0 Å². The Balaban J connectivity index is 1.97. The second kappa shape index (κ2) is 5.35. The Labute approximate surface area is 97.8 Å². The zero-order chi connectivity index (χ0) is 11.4. The van der Waals surface area contributed by atoms with Gasteiger partial charge in [0.15, 0.2) is 0 Å². The van der Waals surface area contributed by atoms with Crippen molar-refractivity contribution >= 4 is 0 Å². The van der Waals surface area contributed by atoms with Crippen LogP contribution in [0.2, 0.25) is 0 Å². The van der Waals surface area contributed by atoms with Gasteiger partial charge in [0.05, 0.1) is 6.61 Å². The van der Waals surface area contributed by atoms with Crippen molar-refractivity contribution in [2.24, 2.45) is 11.7 Å². The third-order valence-corrected chi connectivity index (χ3v) is 3.41. The minimum absolute atomic E-state index is 0.172. The molecule has 0 radical (unpaired) electrons. The summed E-state index contributed by atoms with van der Waals surface area (Å²) in [5, 5.41) is 0. The fourth-order valence-electron chi connectivity index (χ4n) is 2.23. The maximum Gasteiger partial charge on any atom is 0.119 e. The molecule has 1 saturated carbocycles. The molecule has 16 heavy (non-hydrogen) atoms. The molecule has 2 N–H and O–H groups in total.